The molecule has 1 aromatic carbocycles. The summed E-state index contributed by atoms with van der Waals surface area (Å²) in [6, 6.07) is 5.52. The first-order valence-corrected chi connectivity index (χ1v) is 6.94. The molecular formula is C11H9Cl2IN2O. The molecule has 0 saturated heterocycles. The number of rotatable bonds is 3. The van der Waals surface area contributed by atoms with E-state index in [0.29, 0.717) is 16.7 Å². The van der Waals surface area contributed by atoms with Crippen molar-refractivity contribution in [2.24, 2.45) is 0 Å². The van der Waals surface area contributed by atoms with Gasteiger partial charge in [0.2, 0.25) is 0 Å². The Balaban J connectivity index is 2.40. The van der Waals surface area contributed by atoms with Crippen molar-refractivity contribution in [3.63, 3.8) is 0 Å². The number of halogens is 3. The zero-order chi connectivity index (χ0) is 12.4. The number of alkyl halides is 1. The van der Waals surface area contributed by atoms with Crippen LogP contribution in [0.15, 0.2) is 22.7 Å². The molecule has 90 valence electrons. The molecule has 6 heteroatoms. The maximum absolute atomic E-state index is 6.05. The largest absolute Gasteiger partial charge is 0.334 e. The van der Waals surface area contributed by atoms with Crippen LogP contribution in [-0.4, -0.2) is 10.1 Å². The highest BCUT2D eigenvalue weighted by Gasteiger charge is 2.16. The molecule has 0 spiro atoms. The fourth-order valence-electron chi connectivity index (χ4n) is 1.32. The van der Waals surface area contributed by atoms with Gasteiger partial charge in [-0.05, 0) is 47.2 Å². The molecule has 0 saturated carbocycles. The number of hydrogen-bond acceptors (Lipinski definition) is 3. The first-order valence-electron chi connectivity index (χ1n) is 5.05. The summed E-state index contributed by atoms with van der Waals surface area (Å²) in [5.74, 6) is 0.964. The van der Waals surface area contributed by atoms with Crippen LogP contribution in [0.25, 0.3) is 11.5 Å². The van der Waals surface area contributed by atoms with Crippen LogP contribution in [0.5, 0.6) is 0 Å². The maximum atomic E-state index is 6.05. The van der Waals surface area contributed by atoms with Gasteiger partial charge in [-0.15, -0.1) is 11.6 Å². The van der Waals surface area contributed by atoms with E-state index in [-0.39, 0.29) is 5.38 Å². The maximum Gasteiger partial charge on any atom is 0.259 e. The van der Waals surface area contributed by atoms with Crippen LogP contribution in [0.3, 0.4) is 0 Å². The smallest absolute Gasteiger partial charge is 0.259 e. The van der Waals surface area contributed by atoms with E-state index < -0.39 is 0 Å². The van der Waals surface area contributed by atoms with Gasteiger partial charge in [-0.25, -0.2) is 0 Å². The molecule has 2 rings (SSSR count). The molecule has 0 N–H and O–H groups in total. The molecule has 0 aliphatic carbocycles. The summed E-state index contributed by atoms with van der Waals surface area (Å²) in [6.45, 7) is 1.97. The van der Waals surface area contributed by atoms with Crippen molar-refractivity contribution in [3.8, 4) is 11.5 Å². The summed E-state index contributed by atoms with van der Waals surface area (Å²) in [4.78, 5) is 4.28. The van der Waals surface area contributed by atoms with Gasteiger partial charge in [0.25, 0.3) is 5.89 Å². The van der Waals surface area contributed by atoms with E-state index in [9.17, 15) is 0 Å². The van der Waals surface area contributed by atoms with Crippen LogP contribution >= 0.6 is 45.8 Å². The van der Waals surface area contributed by atoms with Crippen LogP contribution in [0, 0.1) is 3.57 Å². The predicted molar refractivity (Wildman–Crippen MR) is 76.3 cm³/mol. The van der Waals surface area contributed by atoms with Gasteiger partial charge in [-0.1, -0.05) is 23.7 Å². The van der Waals surface area contributed by atoms with Gasteiger partial charge in [-0.3, -0.25) is 0 Å². The Bertz CT molecular complexity index is 530. The fraction of sp³-hybridized carbons (Fsp3) is 0.273. The van der Waals surface area contributed by atoms with E-state index >= 15 is 0 Å². The molecule has 0 aliphatic heterocycles. The second-order valence-corrected chi connectivity index (χ2v) is 5.58. The first kappa shape index (κ1) is 13.1. The lowest BCUT2D eigenvalue weighted by molar-refractivity contribution is 0.421. The Morgan fingerprint density at radius 1 is 1.47 bits per heavy atom. The molecule has 1 atom stereocenters. The highest BCUT2D eigenvalue weighted by atomic mass is 127. The van der Waals surface area contributed by atoms with Crippen LogP contribution in [0.2, 0.25) is 5.02 Å². The second-order valence-electron chi connectivity index (χ2n) is 3.46. The minimum atomic E-state index is -0.218. The molecule has 0 bridgehead atoms. The normalized spacial score (nSPS) is 12.7. The summed E-state index contributed by atoms with van der Waals surface area (Å²) in [7, 11) is 0. The van der Waals surface area contributed by atoms with E-state index in [1.54, 1.807) is 6.07 Å². The molecule has 0 fully saturated rings. The Morgan fingerprint density at radius 2 is 2.24 bits per heavy atom. The molecule has 3 nitrogen and oxygen atoms in total. The van der Waals surface area contributed by atoms with Gasteiger partial charge in [0.1, 0.15) is 0 Å². The molecule has 1 aromatic heterocycles. The van der Waals surface area contributed by atoms with Gasteiger partial charge in [0.15, 0.2) is 5.82 Å². The lowest BCUT2D eigenvalue weighted by atomic mass is 10.2. The van der Waals surface area contributed by atoms with E-state index in [0.717, 1.165) is 15.6 Å². The third-order valence-electron chi connectivity index (χ3n) is 2.24. The summed E-state index contributed by atoms with van der Waals surface area (Å²) in [5.41, 5.74) is 0.830. The van der Waals surface area contributed by atoms with E-state index in [1.165, 1.54) is 0 Å². The Morgan fingerprint density at radius 3 is 2.94 bits per heavy atom. The van der Waals surface area contributed by atoms with E-state index in [1.807, 2.05) is 19.1 Å². The molecule has 0 aliphatic rings. The van der Waals surface area contributed by atoms with Crippen molar-refractivity contribution in [2.45, 2.75) is 18.7 Å². The van der Waals surface area contributed by atoms with Crippen LogP contribution in [-0.2, 0) is 0 Å². The average molecular weight is 383 g/mol. The van der Waals surface area contributed by atoms with Crippen molar-refractivity contribution < 1.29 is 4.52 Å². The number of hydrogen-bond donors (Lipinski definition) is 0. The second kappa shape index (κ2) is 5.54. The standard InChI is InChI=1S/C11H9Cl2IN2O/c1-2-8(13)10-15-11(17-16-10)7-5-6(12)3-4-9(7)14/h3-5,8H,2H2,1H3. The van der Waals surface area contributed by atoms with E-state index in [4.69, 9.17) is 27.7 Å². The zero-order valence-electron chi connectivity index (χ0n) is 8.95. The van der Waals surface area contributed by atoms with Crippen LogP contribution in [0.4, 0.5) is 0 Å². The van der Waals surface area contributed by atoms with Crippen molar-refractivity contribution in [2.75, 3.05) is 0 Å². The number of nitrogens with zero attached hydrogens (tertiary/aromatic N) is 2. The Labute approximate surface area is 123 Å². The molecule has 17 heavy (non-hydrogen) atoms. The molecule has 2 aromatic rings. The monoisotopic (exact) mass is 382 g/mol. The third kappa shape index (κ3) is 2.92. The SMILES string of the molecule is CCC(Cl)c1noc(-c2cc(Cl)ccc2I)n1. The lowest BCUT2D eigenvalue weighted by Gasteiger charge is -1.99. The van der Waals surface area contributed by atoms with E-state index in [2.05, 4.69) is 32.7 Å². The quantitative estimate of drug-likeness (QED) is 0.571. The van der Waals surface area contributed by atoms with Crippen LogP contribution < -0.4 is 0 Å². The lowest BCUT2D eigenvalue weighted by Crippen LogP contribution is -1.91. The zero-order valence-corrected chi connectivity index (χ0v) is 12.6. The minimum absolute atomic E-state index is 0.218. The van der Waals surface area contributed by atoms with Crippen molar-refractivity contribution in [1.82, 2.24) is 10.1 Å². The predicted octanol–water partition coefficient (Wildman–Crippen LogP) is 4.68. The van der Waals surface area contributed by atoms with Gasteiger partial charge in [0.05, 0.1) is 10.9 Å². The summed E-state index contributed by atoms with van der Waals surface area (Å²) in [6.07, 6.45) is 0.757. The third-order valence-corrected chi connectivity index (χ3v) is 3.92. The fourth-order valence-corrected chi connectivity index (χ4v) is 2.14. The summed E-state index contributed by atoms with van der Waals surface area (Å²) < 4.78 is 6.20. The molecule has 0 amide bonds. The molecule has 1 heterocycles. The van der Waals surface area contributed by atoms with Crippen molar-refractivity contribution in [1.29, 1.82) is 0 Å². The van der Waals surface area contributed by atoms with Gasteiger partial charge < -0.3 is 4.52 Å². The number of benzene rings is 1. The summed E-state index contributed by atoms with van der Waals surface area (Å²) >= 11 is 14.2. The molecular weight excluding hydrogens is 374 g/mol. The Hall–Kier alpha value is -0.330. The van der Waals surface area contributed by atoms with Gasteiger partial charge in [0, 0.05) is 8.59 Å². The topological polar surface area (TPSA) is 38.9 Å². The minimum Gasteiger partial charge on any atom is -0.334 e. The van der Waals surface area contributed by atoms with Gasteiger partial charge >= 0.3 is 0 Å². The van der Waals surface area contributed by atoms with Crippen LogP contribution in [0.1, 0.15) is 24.5 Å². The highest BCUT2D eigenvalue weighted by molar-refractivity contribution is 14.1. The number of aromatic nitrogens is 2. The molecule has 0 radical (unpaired) electrons. The highest BCUT2D eigenvalue weighted by Crippen LogP contribution is 2.29. The average Bonchev–Trinajstić information content (AvgIpc) is 2.80. The molecule has 1 unspecified atom stereocenters. The van der Waals surface area contributed by atoms with Crippen molar-refractivity contribution in [3.05, 3.63) is 32.6 Å². The van der Waals surface area contributed by atoms with Crippen molar-refractivity contribution >= 4 is 45.8 Å². The first-order chi connectivity index (χ1) is 8.11. The van der Waals surface area contributed by atoms with Gasteiger partial charge in [-0.2, -0.15) is 4.98 Å². The Kier molecular flexibility index (Phi) is 4.27. The summed E-state index contributed by atoms with van der Waals surface area (Å²) in [5, 5.41) is 4.29.